The predicted molar refractivity (Wildman–Crippen MR) is 98.2 cm³/mol. The van der Waals surface area contributed by atoms with Gasteiger partial charge in [-0.1, -0.05) is 48.5 Å². The van der Waals surface area contributed by atoms with Crippen molar-refractivity contribution in [2.24, 2.45) is 0 Å². The van der Waals surface area contributed by atoms with Crippen molar-refractivity contribution in [3.05, 3.63) is 60.2 Å². The average Bonchev–Trinajstić information content (AvgIpc) is 2.98. The van der Waals surface area contributed by atoms with E-state index < -0.39 is 0 Å². The zero-order valence-corrected chi connectivity index (χ0v) is 13.9. The van der Waals surface area contributed by atoms with E-state index in [-0.39, 0.29) is 17.7 Å². The molecule has 0 unspecified atom stereocenters. The van der Waals surface area contributed by atoms with Gasteiger partial charge in [0.05, 0.1) is 0 Å². The van der Waals surface area contributed by atoms with Crippen molar-refractivity contribution in [1.82, 2.24) is 10.3 Å². The van der Waals surface area contributed by atoms with Crippen LogP contribution < -0.4 is 5.32 Å². The predicted octanol–water partition coefficient (Wildman–Crippen LogP) is 3.62. The van der Waals surface area contributed by atoms with Crippen LogP contribution in [0.5, 0.6) is 0 Å². The molecule has 1 aliphatic carbocycles. The first-order valence-corrected chi connectivity index (χ1v) is 8.67. The fourth-order valence-electron chi connectivity index (χ4n) is 3.44. The quantitative estimate of drug-likeness (QED) is 0.750. The summed E-state index contributed by atoms with van der Waals surface area (Å²) in [5.74, 6) is 0.245. The van der Waals surface area contributed by atoms with Gasteiger partial charge in [0.1, 0.15) is 5.78 Å². The van der Waals surface area contributed by atoms with Crippen LogP contribution >= 0.6 is 0 Å². The van der Waals surface area contributed by atoms with Crippen molar-refractivity contribution in [2.45, 2.75) is 31.7 Å². The van der Waals surface area contributed by atoms with Gasteiger partial charge in [-0.05, 0) is 23.6 Å². The number of fused-ring (bicyclic) bond motifs is 1. The van der Waals surface area contributed by atoms with E-state index in [0.717, 1.165) is 22.2 Å². The third-order valence-corrected chi connectivity index (χ3v) is 4.79. The first-order chi connectivity index (χ1) is 12.2. The maximum atomic E-state index is 12.2. The number of benzene rings is 2. The standard InChI is InChI=1S/C21H20N2O2/c24-16-12-15(13-16)22-20(25)11-10-18-17-8-4-5-9-19(17)23-21(18)14-6-2-1-3-7-14/h1-9,15,23H,10-13H2,(H,22,25). The number of amides is 1. The lowest BCUT2D eigenvalue weighted by atomic mass is 9.91. The summed E-state index contributed by atoms with van der Waals surface area (Å²) < 4.78 is 0. The van der Waals surface area contributed by atoms with Gasteiger partial charge in [-0.25, -0.2) is 0 Å². The summed E-state index contributed by atoms with van der Waals surface area (Å²) in [4.78, 5) is 26.7. The Morgan fingerprint density at radius 3 is 2.52 bits per heavy atom. The van der Waals surface area contributed by atoms with Gasteiger partial charge in [-0.15, -0.1) is 0 Å². The van der Waals surface area contributed by atoms with Crippen LogP contribution in [0.25, 0.3) is 22.2 Å². The maximum absolute atomic E-state index is 12.2. The van der Waals surface area contributed by atoms with Gasteiger partial charge in [0, 0.05) is 41.9 Å². The van der Waals surface area contributed by atoms with Crippen molar-refractivity contribution in [3.8, 4) is 11.3 Å². The normalized spacial score (nSPS) is 14.5. The highest BCUT2D eigenvalue weighted by atomic mass is 16.2. The minimum atomic E-state index is 0.0155. The molecule has 1 aromatic heterocycles. The van der Waals surface area contributed by atoms with E-state index in [0.29, 0.717) is 25.7 Å². The van der Waals surface area contributed by atoms with Crippen LogP contribution in [0.4, 0.5) is 0 Å². The number of ketones is 1. The SMILES string of the molecule is O=C1CC(NC(=O)CCc2c(-c3ccccc3)[nH]c3ccccc23)C1. The number of H-pyrrole nitrogens is 1. The number of hydrogen-bond acceptors (Lipinski definition) is 2. The summed E-state index contributed by atoms with van der Waals surface area (Å²) in [6.45, 7) is 0. The first-order valence-electron chi connectivity index (χ1n) is 8.67. The Morgan fingerprint density at radius 2 is 1.76 bits per heavy atom. The van der Waals surface area contributed by atoms with Gasteiger partial charge in [0.15, 0.2) is 0 Å². The lowest BCUT2D eigenvalue weighted by molar-refractivity contribution is -0.128. The summed E-state index contributed by atoms with van der Waals surface area (Å²) in [6, 6.07) is 18.4. The van der Waals surface area contributed by atoms with Gasteiger partial charge >= 0.3 is 0 Å². The molecule has 2 aromatic carbocycles. The number of carbonyl (C=O) groups excluding carboxylic acids is 2. The number of para-hydroxylation sites is 1. The molecule has 0 bridgehead atoms. The van der Waals surface area contributed by atoms with E-state index in [1.54, 1.807) is 0 Å². The Hall–Kier alpha value is -2.88. The second-order valence-electron chi connectivity index (χ2n) is 6.60. The zero-order chi connectivity index (χ0) is 17.2. The zero-order valence-electron chi connectivity index (χ0n) is 13.9. The maximum Gasteiger partial charge on any atom is 0.220 e. The van der Waals surface area contributed by atoms with Crippen molar-refractivity contribution >= 4 is 22.6 Å². The van der Waals surface area contributed by atoms with Crippen molar-refractivity contribution < 1.29 is 9.59 Å². The van der Waals surface area contributed by atoms with E-state index in [4.69, 9.17) is 0 Å². The van der Waals surface area contributed by atoms with Crippen LogP contribution in [-0.2, 0) is 16.0 Å². The van der Waals surface area contributed by atoms with Gasteiger partial charge in [0.2, 0.25) is 5.91 Å². The molecule has 4 rings (SSSR count). The van der Waals surface area contributed by atoms with Crippen LogP contribution in [0.2, 0.25) is 0 Å². The summed E-state index contributed by atoms with van der Waals surface area (Å²) in [5, 5.41) is 4.11. The first kappa shape index (κ1) is 15.6. The number of nitrogens with one attached hydrogen (secondary N) is 2. The second kappa shape index (κ2) is 6.55. The number of rotatable bonds is 5. The fraction of sp³-hybridized carbons (Fsp3) is 0.238. The summed E-state index contributed by atoms with van der Waals surface area (Å²) in [5.41, 5.74) is 4.45. The number of aromatic amines is 1. The summed E-state index contributed by atoms with van der Waals surface area (Å²) in [7, 11) is 0. The Kier molecular flexibility index (Phi) is 4.10. The molecule has 0 atom stereocenters. The Bertz CT molecular complexity index is 919. The summed E-state index contributed by atoms with van der Waals surface area (Å²) >= 11 is 0. The molecule has 4 nitrogen and oxygen atoms in total. The number of hydrogen-bond donors (Lipinski definition) is 2. The number of aromatic nitrogens is 1. The number of carbonyl (C=O) groups is 2. The van der Waals surface area contributed by atoms with Crippen LogP contribution in [-0.4, -0.2) is 22.7 Å². The molecule has 4 heteroatoms. The Balaban J connectivity index is 1.57. The van der Waals surface area contributed by atoms with Crippen molar-refractivity contribution in [3.63, 3.8) is 0 Å². The molecule has 2 N–H and O–H groups in total. The highest BCUT2D eigenvalue weighted by Crippen LogP contribution is 2.31. The van der Waals surface area contributed by atoms with Gasteiger partial charge < -0.3 is 10.3 Å². The fourth-order valence-corrected chi connectivity index (χ4v) is 3.44. The Labute approximate surface area is 146 Å². The highest BCUT2D eigenvalue weighted by Gasteiger charge is 2.27. The average molecular weight is 332 g/mol. The molecule has 0 aliphatic heterocycles. The molecule has 0 spiro atoms. The van der Waals surface area contributed by atoms with Crippen molar-refractivity contribution in [1.29, 1.82) is 0 Å². The van der Waals surface area contributed by atoms with Crippen LogP contribution in [0.1, 0.15) is 24.8 Å². The van der Waals surface area contributed by atoms with Gasteiger partial charge in [-0.3, -0.25) is 9.59 Å². The van der Waals surface area contributed by atoms with Crippen LogP contribution in [0.15, 0.2) is 54.6 Å². The number of Topliss-reactive ketones (excluding diaryl/α,β-unsaturated/α-hetero) is 1. The number of aryl methyl sites for hydroxylation is 1. The Morgan fingerprint density at radius 1 is 1.04 bits per heavy atom. The molecule has 1 saturated carbocycles. The third kappa shape index (κ3) is 3.20. The largest absolute Gasteiger partial charge is 0.354 e. The third-order valence-electron chi connectivity index (χ3n) is 4.79. The van der Waals surface area contributed by atoms with Gasteiger partial charge in [-0.2, -0.15) is 0 Å². The lowest BCUT2D eigenvalue weighted by Gasteiger charge is -2.25. The molecule has 25 heavy (non-hydrogen) atoms. The van der Waals surface area contributed by atoms with E-state index in [1.807, 2.05) is 30.3 Å². The smallest absolute Gasteiger partial charge is 0.220 e. The molecule has 126 valence electrons. The monoisotopic (exact) mass is 332 g/mol. The minimum Gasteiger partial charge on any atom is -0.354 e. The molecular weight excluding hydrogens is 312 g/mol. The topological polar surface area (TPSA) is 62.0 Å². The van der Waals surface area contributed by atoms with E-state index in [2.05, 4.69) is 34.6 Å². The molecule has 1 amide bonds. The summed E-state index contributed by atoms with van der Waals surface area (Å²) in [6.07, 6.45) is 2.05. The molecular formula is C21H20N2O2. The second-order valence-corrected chi connectivity index (χ2v) is 6.60. The molecule has 1 heterocycles. The lowest BCUT2D eigenvalue weighted by Crippen LogP contribution is -2.44. The van der Waals surface area contributed by atoms with Gasteiger partial charge in [0.25, 0.3) is 0 Å². The molecule has 1 fully saturated rings. The van der Waals surface area contributed by atoms with Crippen LogP contribution in [0.3, 0.4) is 0 Å². The van der Waals surface area contributed by atoms with E-state index >= 15 is 0 Å². The van der Waals surface area contributed by atoms with E-state index in [9.17, 15) is 9.59 Å². The highest BCUT2D eigenvalue weighted by molar-refractivity contribution is 5.92. The van der Waals surface area contributed by atoms with E-state index in [1.165, 1.54) is 5.56 Å². The van der Waals surface area contributed by atoms with Crippen molar-refractivity contribution in [2.75, 3.05) is 0 Å². The molecule has 0 radical (unpaired) electrons. The molecule has 1 aliphatic rings. The molecule has 3 aromatic rings. The van der Waals surface area contributed by atoms with Crippen LogP contribution in [0, 0.1) is 0 Å². The molecule has 0 saturated heterocycles. The minimum absolute atomic E-state index is 0.0155.